The van der Waals surface area contributed by atoms with Gasteiger partial charge in [-0.15, -0.1) is 0 Å². The molecule has 6 nitrogen and oxygen atoms in total. The van der Waals surface area contributed by atoms with Gasteiger partial charge in [0.2, 0.25) is 10.0 Å². The summed E-state index contributed by atoms with van der Waals surface area (Å²) in [5.74, 6) is -1.13. The number of sulfonamides is 1. The van der Waals surface area contributed by atoms with E-state index in [0.29, 0.717) is 5.76 Å². The number of furan rings is 1. The summed E-state index contributed by atoms with van der Waals surface area (Å²) in [6.45, 7) is -0.0861. The second kappa shape index (κ2) is 7.19. The van der Waals surface area contributed by atoms with E-state index >= 15 is 0 Å². The maximum Gasteiger partial charge on any atom is 0.254 e. The molecule has 0 radical (unpaired) electrons. The largest absolute Gasteiger partial charge is 0.468 e. The number of hydrogen-bond donors (Lipinski definition) is 2. The molecular formula is C14H15FN2O4S. The van der Waals surface area contributed by atoms with Crippen LogP contribution in [0, 0.1) is 5.82 Å². The highest BCUT2D eigenvalue weighted by Crippen LogP contribution is 2.05. The van der Waals surface area contributed by atoms with Crippen LogP contribution in [-0.4, -0.2) is 26.6 Å². The van der Waals surface area contributed by atoms with Gasteiger partial charge in [0.25, 0.3) is 5.91 Å². The summed E-state index contributed by atoms with van der Waals surface area (Å²) in [5, 5.41) is 2.37. The highest BCUT2D eigenvalue weighted by molar-refractivity contribution is 7.89. The molecule has 8 heteroatoms. The lowest BCUT2D eigenvalue weighted by Gasteiger charge is -2.07. The number of nitrogens with one attached hydrogen (secondary N) is 2. The Bertz CT molecular complexity index is 729. The minimum absolute atomic E-state index is 0.0383. The van der Waals surface area contributed by atoms with Gasteiger partial charge in [0.05, 0.1) is 24.1 Å². The van der Waals surface area contributed by atoms with Crippen LogP contribution in [-0.2, 0) is 16.6 Å². The summed E-state index contributed by atoms with van der Waals surface area (Å²) in [4.78, 5) is 11.7. The number of carbonyl (C=O) groups excluding carboxylic acids is 1. The van der Waals surface area contributed by atoms with Gasteiger partial charge in [-0.1, -0.05) is 12.1 Å². The van der Waals surface area contributed by atoms with Crippen LogP contribution >= 0.6 is 0 Å². The van der Waals surface area contributed by atoms with Crippen LogP contribution in [0.3, 0.4) is 0 Å². The molecule has 0 aliphatic carbocycles. The normalized spacial score (nSPS) is 11.3. The first-order valence-corrected chi connectivity index (χ1v) is 8.15. The van der Waals surface area contributed by atoms with Crippen molar-refractivity contribution in [2.75, 3.05) is 12.3 Å². The van der Waals surface area contributed by atoms with E-state index in [9.17, 15) is 17.6 Å². The maximum atomic E-state index is 13.4. The fourth-order valence-electron chi connectivity index (χ4n) is 1.71. The number of amides is 1. The summed E-state index contributed by atoms with van der Waals surface area (Å²) in [7, 11) is -3.56. The van der Waals surface area contributed by atoms with E-state index in [1.165, 1.54) is 24.5 Å². The molecule has 118 valence electrons. The predicted octanol–water partition coefficient (Wildman–Crippen LogP) is 1.27. The van der Waals surface area contributed by atoms with Crippen molar-refractivity contribution in [2.24, 2.45) is 0 Å². The van der Waals surface area contributed by atoms with E-state index in [4.69, 9.17) is 4.42 Å². The Labute approximate surface area is 127 Å². The molecule has 1 aromatic heterocycles. The van der Waals surface area contributed by atoms with Crippen LogP contribution in [0.2, 0.25) is 0 Å². The van der Waals surface area contributed by atoms with E-state index in [0.717, 1.165) is 6.07 Å². The van der Waals surface area contributed by atoms with Gasteiger partial charge in [-0.25, -0.2) is 17.5 Å². The smallest absolute Gasteiger partial charge is 0.254 e. The van der Waals surface area contributed by atoms with Crippen molar-refractivity contribution < 1.29 is 22.0 Å². The van der Waals surface area contributed by atoms with Crippen molar-refractivity contribution in [3.05, 3.63) is 59.8 Å². The van der Waals surface area contributed by atoms with Gasteiger partial charge in [0, 0.05) is 6.54 Å². The minimum Gasteiger partial charge on any atom is -0.468 e. The van der Waals surface area contributed by atoms with Gasteiger partial charge >= 0.3 is 0 Å². The lowest BCUT2D eigenvalue weighted by molar-refractivity contribution is 0.0952. The second-order valence-electron chi connectivity index (χ2n) is 4.46. The Morgan fingerprint density at radius 1 is 1.18 bits per heavy atom. The van der Waals surface area contributed by atoms with Crippen LogP contribution in [0.4, 0.5) is 4.39 Å². The molecule has 0 atom stereocenters. The number of carbonyl (C=O) groups is 1. The van der Waals surface area contributed by atoms with Crippen LogP contribution in [0.15, 0.2) is 47.1 Å². The third kappa shape index (κ3) is 4.68. The fourth-order valence-corrected chi connectivity index (χ4v) is 2.58. The van der Waals surface area contributed by atoms with E-state index in [1.807, 2.05) is 0 Å². The molecule has 22 heavy (non-hydrogen) atoms. The molecule has 0 fully saturated rings. The SMILES string of the molecule is O=C(NCCS(=O)(=O)NCc1ccco1)c1ccccc1F. The maximum absolute atomic E-state index is 13.4. The third-order valence-corrected chi connectivity index (χ3v) is 4.15. The number of hydrogen-bond acceptors (Lipinski definition) is 4. The van der Waals surface area contributed by atoms with E-state index in [2.05, 4.69) is 10.0 Å². The van der Waals surface area contributed by atoms with Crippen molar-refractivity contribution in [3.8, 4) is 0 Å². The molecule has 2 N–H and O–H groups in total. The van der Waals surface area contributed by atoms with E-state index < -0.39 is 21.7 Å². The lowest BCUT2D eigenvalue weighted by atomic mass is 10.2. The zero-order valence-electron chi connectivity index (χ0n) is 11.6. The first-order valence-electron chi connectivity index (χ1n) is 6.50. The van der Waals surface area contributed by atoms with Gasteiger partial charge in [-0.2, -0.15) is 0 Å². The molecule has 1 amide bonds. The zero-order valence-corrected chi connectivity index (χ0v) is 12.4. The number of halogens is 1. The summed E-state index contributed by atoms with van der Waals surface area (Å²) < 4.78 is 44.2. The van der Waals surface area contributed by atoms with Crippen LogP contribution in [0.1, 0.15) is 16.1 Å². The third-order valence-electron chi connectivity index (χ3n) is 2.82. The molecule has 0 unspecified atom stereocenters. The molecule has 1 aromatic carbocycles. The van der Waals surface area contributed by atoms with Crippen molar-refractivity contribution in [2.45, 2.75) is 6.54 Å². The quantitative estimate of drug-likeness (QED) is 0.802. The second-order valence-corrected chi connectivity index (χ2v) is 6.38. The summed E-state index contributed by atoms with van der Waals surface area (Å²) >= 11 is 0. The molecule has 0 saturated heterocycles. The van der Waals surface area contributed by atoms with Gasteiger partial charge in [-0.3, -0.25) is 4.79 Å². The van der Waals surface area contributed by atoms with Gasteiger partial charge in [0.1, 0.15) is 11.6 Å². The van der Waals surface area contributed by atoms with Gasteiger partial charge in [0.15, 0.2) is 0 Å². The monoisotopic (exact) mass is 326 g/mol. The fraction of sp³-hybridized carbons (Fsp3) is 0.214. The average molecular weight is 326 g/mol. The summed E-state index contributed by atoms with van der Waals surface area (Å²) in [6, 6.07) is 8.78. The Hall–Kier alpha value is -2.19. The Morgan fingerprint density at radius 3 is 2.64 bits per heavy atom. The average Bonchev–Trinajstić information content (AvgIpc) is 2.99. The molecule has 0 saturated carbocycles. The number of benzene rings is 1. The van der Waals surface area contributed by atoms with Crippen molar-refractivity contribution >= 4 is 15.9 Å². The van der Waals surface area contributed by atoms with Crippen molar-refractivity contribution in [3.63, 3.8) is 0 Å². The van der Waals surface area contributed by atoms with Crippen LogP contribution in [0.5, 0.6) is 0 Å². The standard InChI is InChI=1S/C14H15FN2O4S/c15-13-6-2-1-5-12(13)14(18)16-7-9-22(19,20)17-10-11-4-3-8-21-11/h1-6,8,17H,7,9-10H2,(H,16,18). The molecule has 2 rings (SSSR count). The molecular weight excluding hydrogens is 311 g/mol. The Morgan fingerprint density at radius 2 is 1.95 bits per heavy atom. The predicted molar refractivity (Wildman–Crippen MR) is 78.1 cm³/mol. The Kier molecular flexibility index (Phi) is 5.29. The molecule has 0 aliphatic rings. The lowest BCUT2D eigenvalue weighted by Crippen LogP contribution is -2.34. The van der Waals surface area contributed by atoms with Crippen molar-refractivity contribution in [1.29, 1.82) is 0 Å². The molecule has 2 aromatic rings. The zero-order chi connectivity index (χ0) is 16.0. The first kappa shape index (κ1) is 16.2. The van der Waals surface area contributed by atoms with E-state index in [1.54, 1.807) is 12.1 Å². The summed E-state index contributed by atoms with van der Waals surface area (Å²) in [6.07, 6.45) is 1.44. The van der Waals surface area contributed by atoms with Crippen LogP contribution < -0.4 is 10.0 Å². The van der Waals surface area contributed by atoms with Gasteiger partial charge in [-0.05, 0) is 24.3 Å². The Balaban J connectivity index is 1.80. The molecule has 0 spiro atoms. The molecule has 0 aliphatic heterocycles. The topological polar surface area (TPSA) is 88.4 Å². The minimum atomic E-state index is -3.56. The van der Waals surface area contributed by atoms with E-state index in [-0.39, 0.29) is 24.4 Å². The highest BCUT2D eigenvalue weighted by Gasteiger charge is 2.14. The first-order chi connectivity index (χ1) is 10.5. The number of rotatable bonds is 7. The van der Waals surface area contributed by atoms with Crippen molar-refractivity contribution in [1.82, 2.24) is 10.0 Å². The molecule has 0 bridgehead atoms. The van der Waals surface area contributed by atoms with Gasteiger partial charge < -0.3 is 9.73 Å². The summed E-state index contributed by atoms with van der Waals surface area (Å²) in [5.41, 5.74) is -0.122. The molecule has 1 heterocycles. The highest BCUT2D eigenvalue weighted by atomic mass is 32.2. The van der Waals surface area contributed by atoms with Crippen LogP contribution in [0.25, 0.3) is 0 Å².